The smallest absolute Gasteiger partial charge is 0.375 e. The standard InChI is InChI=1S/C11H9Cl2N3O2/c1-2-8-14-10(11(17)18)15-16(8)9-6(12)4-3-5-7(9)13/h3-5H,2H2,1H3,(H,17,18). The number of para-hydroxylation sites is 1. The molecule has 0 radical (unpaired) electrons. The third kappa shape index (κ3) is 2.19. The Bertz CT molecular complexity index is 590. The van der Waals surface area contributed by atoms with E-state index in [1.54, 1.807) is 18.2 Å². The first-order chi connectivity index (χ1) is 8.54. The molecule has 1 N–H and O–H groups in total. The minimum absolute atomic E-state index is 0.275. The van der Waals surface area contributed by atoms with Crippen molar-refractivity contribution in [2.75, 3.05) is 0 Å². The van der Waals surface area contributed by atoms with Crippen molar-refractivity contribution in [1.82, 2.24) is 14.8 Å². The van der Waals surface area contributed by atoms with Crippen molar-refractivity contribution < 1.29 is 9.90 Å². The average molecular weight is 286 g/mol. The van der Waals surface area contributed by atoms with Crippen LogP contribution in [-0.4, -0.2) is 25.8 Å². The van der Waals surface area contributed by atoms with Crippen molar-refractivity contribution in [1.29, 1.82) is 0 Å². The van der Waals surface area contributed by atoms with Crippen LogP contribution < -0.4 is 0 Å². The molecule has 2 rings (SSSR count). The highest BCUT2D eigenvalue weighted by molar-refractivity contribution is 6.37. The van der Waals surface area contributed by atoms with Gasteiger partial charge < -0.3 is 5.11 Å². The van der Waals surface area contributed by atoms with Crippen molar-refractivity contribution >= 4 is 29.2 Å². The lowest BCUT2D eigenvalue weighted by Crippen LogP contribution is -2.04. The van der Waals surface area contributed by atoms with E-state index < -0.39 is 5.97 Å². The van der Waals surface area contributed by atoms with Gasteiger partial charge in [-0.25, -0.2) is 14.5 Å². The number of aromatic nitrogens is 3. The van der Waals surface area contributed by atoms with Gasteiger partial charge in [-0.3, -0.25) is 0 Å². The van der Waals surface area contributed by atoms with Gasteiger partial charge in [-0.15, -0.1) is 5.10 Å². The van der Waals surface area contributed by atoms with Crippen LogP contribution in [0.2, 0.25) is 10.0 Å². The summed E-state index contributed by atoms with van der Waals surface area (Å²) in [6.45, 7) is 1.84. The van der Waals surface area contributed by atoms with Crippen LogP contribution in [0.15, 0.2) is 18.2 Å². The molecule has 0 unspecified atom stereocenters. The number of nitrogens with zero attached hydrogens (tertiary/aromatic N) is 3. The molecule has 0 aliphatic carbocycles. The zero-order chi connectivity index (χ0) is 13.3. The molecule has 0 spiro atoms. The number of hydrogen-bond donors (Lipinski definition) is 1. The molecular formula is C11H9Cl2N3O2. The second-order valence-corrected chi connectivity index (χ2v) is 4.31. The van der Waals surface area contributed by atoms with E-state index >= 15 is 0 Å². The zero-order valence-electron chi connectivity index (χ0n) is 9.39. The number of rotatable bonds is 3. The third-order valence-electron chi connectivity index (χ3n) is 2.33. The monoisotopic (exact) mass is 285 g/mol. The molecule has 1 heterocycles. The van der Waals surface area contributed by atoms with E-state index in [1.807, 2.05) is 6.92 Å². The average Bonchev–Trinajstić information content (AvgIpc) is 2.73. The van der Waals surface area contributed by atoms with Gasteiger partial charge in [0.1, 0.15) is 11.5 Å². The van der Waals surface area contributed by atoms with Crippen molar-refractivity contribution in [2.24, 2.45) is 0 Å². The summed E-state index contributed by atoms with van der Waals surface area (Å²) in [6.07, 6.45) is 0.516. The van der Waals surface area contributed by atoms with Crippen molar-refractivity contribution in [3.63, 3.8) is 0 Å². The Morgan fingerprint density at radius 3 is 2.50 bits per heavy atom. The highest BCUT2D eigenvalue weighted by Gasteiger charge is 2.18. The second kappa shape index (κ2) is 4.96. The van der Waals surface area contributed by atoms with Gasteiger partial charge >= 0.3 is 5.97 Å². The van der Waals surface area contributed by atoms with Crippen molar-refractivity contribution in [2.45, 2.75) is 13.3 Å². The fourth-order valence-corrected chi connectivity index (χ4v) is 2.09. The Hall–Kier alpha value is -1.59. The van der Waals surface area contributed by atoms with E-state index in [4.69, 9.17) is 28.3 Å². The van der Waals surface area contributed by atoms with E-state index in [0.717, 1.165) is 0 Å². The number of benzene rings is 1. The van der Waals surface area contributed by atoms with Gasteiger partial charge in [0.05, 0.1) is 10.0 Å². The van der Waals surface area contributed by atoms with Gasteiger partial charge in [-0.2, -0.15) is 0 Å². The van der Waals surface area contributed by atoms with E-state index in [2.05, 4.69) is 10.1 Å². The van der Waals surface area contributed by atoms with Crippen LogP contribution in [0.25, 0.3) is 5.69 Å². The van der Waals surface area contributed by atoms with Gasteiger partial charge in [0.15, 0.2) is 0 Å². The normalized spacial score (nSPS) is 10.6. The minimum Gasteiger partial charge on any atom is -0.475 e. The highest BCUT2D eigenvalue weighted by atomic mass is 35.5. The maximum absolute atomic E-state index is 10.9. The van der Waals surface area contributed by atoms with E-state index in [9.17, 15) is 4.79 Å². The molecule has 0 bridgehead atoms. The molecule has 94 valence electrons. The van der Waals surface area contributed by atoms with Gasteiger partial charge in [-0.1, -0.05) is 36.2 Å². The van der Waals surface area contributed by atoms with E-state index in [1.165, 1.54) is 4.68 Å². The van der Waals surface area contributed by atoms with E-state index in [0.29, 0.717) is 28.0 Å². The minimum atomic E-state index is -1.19. The number of carboxylic acids is 1. The largest absolute Gasteiger partial charge is 0.475 e. The highest BCUT2D eigenvalue weighted by Crippen LogP contribution is 2.28. The van der Waals surface area contributed by atoms with Crippen LogP contribution in [0.3, 0.4) is 0 Å². The summed E-state index contributed by atoms with van der Waals surface area (Å²) >= 11 is 12.1. The Labute approximate surface area is 113 Å². The number of aryl methyl sites for hydroxylation is 1. The number of carboxylic acid groups (broad SMARTS) is 1. The lowest BCUT2D eigenvalue weighted by atomic mass is 10.3. The Morgan fingerprint density at radius 1 is 1.39 bits per heavy atom. The first-order valence-electron chi connectivity index (χ1n) is 5.18. The van der Waals surface area contributed by atoms with Crippen LogP contribution in [-0.2, 0) is 6.42 Å². The third-order valence-corrected chi connectivity index (χ3v) is 2.94. The zero-order valence-corrected chi connectivity index (χ0v) is 10.9. The fraction of sp³-hybridized carbons (Fsp3) is 0.182. The second-order valence-electron chi connectivity index (χ2n) is 3.49. The summed E-state index contributed by atoms with van der Waals surface area (Å²) in [4.78, 5) is 14.8. The molecule has 0 saturated carbocycles. The summed E-state index contributed by atoms with van der Waals surface area (Å²) in [7, 11) is 0. The van der Waals surface area contributed by atoms with Gasteiger partial charge in [-0.05, 0) is 12.1 Å². The molecule has 7 heteroatoms. The van der Waals surface area contributed by atoms with Crippen LogP contribution in [0.1, 0.15) is 23.4 Å². The Morgan fingerprint density at radius 2 is 2.00 bits per heavy atom. The van der Waals surface area contributed by atoms with Crippen LogP contribution in [0, 0.1) is 0 Å². The van der Waals surface area contributed by atoms with Gasteiger partial charge in [0, 0.05) is 6.42 Å². The molecule has 0 aliphatic heterocycles. The van der Waals surface area contributed by atoms with Crippen LogP contribution >= 0.6 is 23.2 Å². The summed E-state index contributed by atoms with van der Waals surface area (Å²) in [6, 6.07) is 5.02. The number of hydrogen-bond acceptors (Lipinski definition) is 3. The van der Waals surface area contributed by atoms with Crippen molar-refractivity contribution in [3.05, 3.63) is 39.9 Å². The number of halogens is 2. The first kappa shape index (κ1) is 12.9. The predicted molar refractivity (Wildman–Crippen MR) is 67.7 cm³/mol. The topological polar surface area (TPSA) is 68.0 Å². The maximum atomic E-state index is 10.9. The van der Waals surface area contributed by atoms with E-state index in [-0.39, 0.29) is 5.82 Å². The summed E-state index contributed by atoms with van der Waals surface area (Å²) in [5.74, 6) is -0.975. The molecule has 0 saturated heterocycles. The van der Waals surface area contributed by atoms with Gasteiger partial charge in [0.2, 0.25) is 0 Å². The Kier molecular flexibility index (Phi) is 3.54. The first-order valence-corrected chi connectivity index (χ1v) is 5.93. The lowest BCUT2D eigenvalue weighted by Gasteiger charge is -2.08. The maximum Gasteiger partial charge on any atom is 0.375 e. The molecule has 0 atom stereocenters. The lowest BCUT2D eigenvalue weighted by molar-refractivity contribution is 0.0683. The summed E-state index contributed by atoms with van der Waals surface area (Å²) in [5.41, 5.74) is 0.442. The molecular weight excluding hydrogens is 277 g/mol. The molecule has 18 heavy (non-hydrogen) atoms. The molecule has 5 nitrogen and oxygen atoms in total. The summed E-state index contributed by atoms with van der Waals surface area (Å²) in [5, 5.41) is 13.6. The summed E-state index contributed by atoms with van der Waals surface area (Å²) < 4.78 is 1.37. The van der Waals surface area contributed by atoms with Gasteiger partial charge in [0.25, 0.3) is 5.82 Å². The molecule has 0 amide bonds. The van der Waals surface area contributed by atoms with Crippen molar-refractivity contribution in [3.8, 4) is 5.69 Å². The fourth-order valence-electron chi connectivity index (χ4n) is 1.53. The predicted octanol–water partition coefficient (Wildman–Crippen LogP) is 2.83. The Balaban J connectivity index is 2.66. The number of aromatic carboxylic acids is 1. The SMILES string of the molecule is CCc1nc(C(=O)O)nn1-c1c(Cl)cccc1Cl. The molecule has 1 aromatic carbocycles. The molecule has 0 fully saturated rings. The quantitative estimate of drug-likeness (QED) is 0.942. The molecule has 2 aromatic rings. The number of carbonyl (C=O) groups is 1. The molecule has 1 aromatic heterocycles. The van der Waals surface area contributed by atoms with Crippen LogP contribution in [0.5, 0.6) is 0 Å². The van der Waals surface area contributed by atoms with Crippen LogP contribution in [0.4, 0.5) is 0 Å². The molecule has 0 aliphatic rings.